The SMILES string of the molecule is CCN(CC)C(=O)c1cc(-c2noc(C(F)(F)F)c2Cl)c(F)cc1Cl. The van der Waals surface area contributed by atoms with E-state index in [1.54, 1.807) is 13.8 Å². The van der Waals surface area contributed by atoms with E-state index in [1.807, 2.05) is 0 Å². The minimum absolute atomic E-state index is 0.0746. The van der Waals surface area contributed by atoms with E-state index in [2.05, 4.69) is 9.68 Å². The van der Waals surface area contributed by atoms with Gasteiger partial charge in [-0.05, 0) is 26.0 Å². The van der Waals surface area contributed by atoms with Gasteiger partial charge in [0.25, 0.3) is 11.7 Å². The molecule has 2 aromatic rings. The fourth-order valence-electron chi connectivity index (χ4n) is 2.20. The van der Waals surface area contributed by atoms with Crippen LogP contribution in [0.1, 0.15) is 30.0 Å². The molecule has 1 amide bonds. The molecule has 0 saturated heterocycles. The summed E-state index contributed by atoms with van der Waals surface area (Å²) in [5, 5.41) is 2.13. The van der Waals surface area contributed by atoms with Gasteiger partial charge in [0.05, 0.1) is 10.6 Å². The molecule has 10 heteroatoms. The molecule has 2 rings (SSSR count). The van der Waals surface area contributed by atoms with E-state index in [-0.39, 0.29) is 10.6 Å². The second-order valence-electron chi connectivity index (χ2n) is 4.96. The van der Waals surface area contributed by atoms with Crippen LogP contribution in [-0.2, 0) is 6.18 Å². The molecule has 1 heterocycles. The molecule has 0 N–H and O–H groups in total. The number of aromatic nitrogens is 1. The Morgan fingerprint density at radius 2 is 1.84 bits per heavy atom. The van der Waals surface area contributed by atoms with Gasteiger partial charge in [-0.2, -0.15) is 13.2 Å². The van der Waals surface area contributed by atoms with Crippen LogP contribution in [0.15, 0.2) is 16.7 Å². The van der Waals surface area contributed by atoms with Crippen molar-refractivity contribution in [2.45, 2.75) is 20.0 Å². The van der Waals surface area contributed by atoms with Crippen LogP contribution in [0.25, 0.3) is 11.3 Å². The maximum absolute atomic E-state index is 14.2. The van der Waals surface area contributed by atoms with E-state index in [0.29, 0.717) is 13.1 Å². The van der Waals surface area contributed by atoms with Crippen molar-refractivity contribution in [2.24, 2.45) is 0 Å². The lowest BCUT2D eigenvalue weighted by Gasteiger charge is -2.19. The summed E-state index contributed by atoms with van der Waals surface area (Å²) in [6.45, 7) is 4.23. The third kappa shape index (κ3) is 3.74. The maximum Gasteiger partial charge on any atom is 0.453 e. The van der Waals surface area contributed by atoms with Crippen molar-refractivity contribution in [2.75, 3.05) is 13.1 Å². The van der Waals surface area contributed by atoms with Crippen molar-refractivity contribution in [1.82, 2.24) is 10.1 Å². The zero-order valence-electron chi connectivity index (χ0n) is 13.0. The quantitative estimate of drug-likeness (QED) is 0.657. The summed E-state index contributed by atoms with van der Waals surface area (Å²) in [4.78, 5) is 13.9. The Bertz CT molecular complexity index is 802. The third-order valence-corrected chi connectivity index (χ3v) is 4.15. The molecular formula is C15H12Cl2F4N2O2. The molecule has 0 aliphatic carbocycles. The van der Waals surface area contributed by atoms with Gasteiger partial charge in [0.15, 0.2) is 0 Å². The summed E-state index contributed by atoms with van der Waals surface area (Å²) >= 11 is 11.5. The minimum atomic E-state index is -4.88. The standard InChI is InChI=1S/C15H12Cl2F4N2O2/c1-3-23(4-2)14(24)7-5-8(10(18)6-9(7)16)12-11(17)13(25-22-12)15(19,20)21/h5-6H,3-4H2,1-2H3. The first-order valence-corrected chi connectivity index (χ1v) is 7.88. The van der Waals surface area contributed by atoms with Gasteiger partial charge < -0.3 is 9.42 Å². The lowest BCUT2D eigenvalue weighted by molar-refractivity contribution is -0.155. The molecule has 0 aliphatic heterocycles. The van der Waals surface area contributed by atoms with Gasteiger partial charge in [0.2, 0.25) is 0 Å². The Hall–Kier alpha value is -1.80. The fourth-order valence-corrected chi connectivity index (χ4v) is 2.71. The number of hydrogen-bond acceptors (Lipinski definition) is 3. The number of hydrogen-bond donors (Lipinski definition) is 0. The summed E-state index contributed by atoms with van der Waals surface area (Å²) in [6.07, 6.45) is -4.88. The van der Waals surface area contributed by atoms with Crippen molar-refractivity contribution in [1.29, 1.82) is 0 Å². The van der Waals surface area contributed by atoms with E-state index >= 15 is 0 Å². The predicted molar refractivity (Wildman–Crippen MR) is 84.2 cm³/mol. The van der Waals surface area contributed by atoms with Crippen LogP contribution in [0.2, 0.25) is 10.0 Å². The largest absolute Gasteiger partial charge is 0.453 e. The molecule has 1 aromatic heterocycles. The Labute approximate surface area is 150 Å². The van der Waals surface area contributed by atoms with Crippen LogP contribution in [-0.4, -0.2) is 29.1 Å². The molecule has 0 spiro atoms. The number of alkyl halides is 3. The van der Waals surface area contributed by atoms with Crippen LogP contribution in [0.4, 0.5) is 17.6 Å². The first-order valence-electron chi connectivity index (χ1n) is 7.12. The molecule has 0 saturated carbocycles. The van der Waals surface area contributed by atoms with Crippen molar-refractivity contribution in [3.05, 3.63) is 39.3 Å². The normalized spacial score (nSPS) is 11.7. The summed E-state index contributed by atoms with van der Waals surface area (Å²) < 4.78 is 56.6. The average Bonchev–Trinajstić information content (AvgIpc) is 2.90. The Balaban J connectivity index is 2.59. The summed E-state index contributed by atoms with van der Waals surface area (Å²) in [5.41, 5.74) is -1.05. The number of benzene rings is 1. The van der Waals surface area contributed by atoms with Crippen molar-refractivity contribution in [3.8, 4) is 11.3 Å². The van der Waals surface area contributed by atoms with E-state index in [1.165, 1.54) is 4.90 Å². The lowest BCUT2D eigenvalue weighted by atomic mass is 10.1. The van der Waals surface area contributed by atoms with Gasteiger partial charge in [0, 0.05) is 18.7 Å². The average molecular weight is 399 g/mol. The molecule has 136 valence electrons. The molecule has 0 atom stereocenters. The molecule has 0 aliphatic rings. The highest BCUT2D eigenvalue weighted by Gasteiger charge is 2.40. The molecule has 0 radical (unpaired) electrons. The Morgan fingerprint density at radius 1 is 1.24 bits per heavy atom. The smallest absolute Gasteiger partial charge is 0.349 e. The predicted octanol–water partition coefficient (Wildman–Crippen LogP) is 5.29. The van der Waals surface area contributed by atoms with Crippen LogP contribution < -0.4 is 0 Å². The van der Waals surface area contributed by atoms with Crippen molar-refractivity contribution in [3.63, 3.8) is 0 Å². The van der Waals surface area contributed by atoms with Crippen LogP contribution in [0, 0.1) is 5.82 Å². The van der Waals surface area contributed by atoms with Crippen LogP contribution in [0.3, 0.4) is 0 Å². The number of rotatable bonds is 4. The summed E-state index contributed by atoms with van der Waals surface area (Å²) in [7, 11) is 0. The van der Waals surface area contributed by atoms with Crippen LogP contribution in [0.5, 0.6) is 0 Å². The highest BCUT2D eigenvalue weighted by molar-refractivity contribution is 6.35. The highest BCUT2D eigenvalue weighted by Crippen LogP contribution is 2.41. The molecular weight excluding hydrogens is 387 g/mol. The zero-order chi connectivity index (χ0) is 18.9. The zero-order valence-corrected chi connectivity index (χ0v) is 14.6. The summed E-state index contributed by atoms with van der Waals surface area (Å²) in [6, 6.07) is 1.84. The summed E-state index contributed by atoms with van der Waals surface area (Å²) in [5.74, 6) is -3.02. The van der Waals surface area contributed by atoms with Gasteiger partial charge >= 0.3 is 6.18 Å². The van der Waals surface area contributed by atoms with Gasteiger partial charge in [-0.1, -0.05) is 28.4 Å². The van der Waals surface area contributed by atoms with Gasteiger partial charge in [-0.25, -0.2) is 4.39 Å². The van der Waals surface area contributed by atoms with E-state index < -0.39 is 39.9 Å². The number of nitrogens with zero attached hydrogens (tertiary/aromatic N) is 2. The third-order valence-electron chi connectivity index (χ3n) is 3.49. The number of carbonyl (C=O) groups is 1. The Morgan fingerprint density at radius 3 is 2.32 bits per heavy atom. The topological polar surface area (TPSA) is 46.3 Å². The van der Waals surface area contributed by atoms with E-state index in [4.69, 9.17) is 23.2 Å². The molecule has 0 unspecified atom stereocenters. The second-order valence-corrected chi connectivity index (χ2v) is 5.75. The van der Waals surface area contributed by atoms with E-state index in [9.17, 15) is 22.4 Å². The molecule has 25 heavy (non-hydrogen) atoms. The number of amides is 1. The number of carbonyl (C=O) groups excluding carboxylic acids is 1. The lowest BCUT2D eigenvalue weighted by Crippen LogP contribution is -2.30. The second kappa shape index (κ2) is 7.21. The van der Waals surface area contributed by atoms with Crippen LogP contribution >= 0.6 is 23.2 Å². The van der Waals surface area contributed by atoms with Crippen molar-refractivity contribution < 1.29 is 26.9 Å². The van der Waals surface area contributed by atoms with Gasteiger partial charge in [0.1, 0.15) is 16.5 Å². The molecule has 0 bridgehead atoms. The first-order chi connectivity index (χ1) is 11.6. The maximum atomic E-state index is 14.2. The first kappa shape index (κ1) is 19.5. The Kier molecular flexibility index (Phi) is 5.63. The fraction of sp³-hybridized carbons (Fsp3) is 0.333. The van der Waals surface area contributed by atoms with Crippen molar-refractivity contribution >= 4 is 29.1 Å². The minimum Gasteiger partial charge on any atom is -0.349 e. The highest BCUT2D eigenvalue weighted by atomic mass is 35.5. The monoisotopic (exact) mass is 398 g/mol. The molecule has 4 nitrogen and oxygen atoms in total. The molecule has 0 fully saturated rings. The molecule has 1 aromatic carbocycles. The number of halogens is 6. The van der Waals surface area contributed by atoms with Gasteiger partial charge in [-0.15, -0.1) is 0 Å². The van der Waals surface area contributed by atoms with Gasteiger partial charge in [-0.3, -0.25) is 4.79 Å². The van der Waals surface area contributed by atoms with E-state index in [0.717, 1.165) is 12.1 Å².